The van der Waals surface area contributed by atoms with E-state index in [1.807, 2.05) is 25.4 Å². The molecule has 0 aliphatic carbocycles. The Morgan fingerprint density at radius 1 is 1.48 bits per heavy atom. The van der Waals surface area contributed by atoms with Crippen LogP contribution in [0.2, 0.25) is 0 Å². The van der Waals surface area contributed by atoms with Crippen LogP contribution in [0.3, 0.4) is 0 Å². The number of nitrogens with one attached hydrogen (secondary N) is 1. The maximum Gasteiger partial charge on any atom is 0.243 e. The van der Waals surface area contributed by atoms with Crippen LogP contribution in [-0.2, 0) is 17.8 Å². The van der Waals surface area contributed by atoms with Gasteiger partial charge in [-0.15, -0.1) is 11.3 Å². The minimum absolute atomic E-state index is 0.0285. The van der Waals surface area contributed by atoms with Gasteiger partial charge in [-0.25, -0.2) is 15.0 Å². The van der Waals surface area contributed by atoms with Crippen LogP contribution in [0, 0.1) is 6.92 Å². The Morgan fingerprint density at radius 3 is 3.10 bits per heavy atom. The summed E-state index contributed by atoms with van der Waals surface area (Å²) >= 11 is 1.42. The first-order valence-electron chi connectivity index (χ1n) is 6.89. The van der Waals surface area contributed by atoms with Gasteiger partial charge in [0.15, 0.2) is 5.13 Å². The molecule has 0 bridgehead atoms. The molecule has 1 aliphatic heterocycles. The van der Waals surface area contributed by atoms with Crippen molar-refractivity contribution in [3.63, 3.8) is 0 Å². The molecule has 7 heteroatoms. The highest BCUT2D eigenvalue weighted by Gasteiger charge is 2.26. The number of aryl methyl sites for hydroxylation is 1. The van der Waals surface area contributed by atoms with Crippen molar-refractivity contribution in [2.24, 2.45) is 0 Å². The third-order valence-corrected chi connectivity index (χ3v) is 4.37. The number of nitrogens with zero attached hydrogens (tertiary/aromatic N) is 4. The third kappa shape index (κ3) is 3.08. The molecular formula is C14H17N5OS. The van der Waals surface area contributed by atoms with Gasteiger partial charge >= 0.3 is 0 Å². The lowest BCUT2D eigenvalue weighted by atomic mass is 10.0. The van der Waals surface area contributed by atoms with E-state index in [4.69, 9.17) is 0 Å². The second kappa shape index (κ2) is 5.87. The van der Waals surface area contributed by atoms with Gasteiger partial charge in [0.2, 0.25) is 5.91 Å². The Labute approximate surface area is 127 Å². The summed E-state index contributed by atoms with van der Waals surface area (Å²) in [6.07, 6.45) is 4.46. The minimum Gasteiger partial charge on any atom is -0.301 e. The van der Waals surface area contributed by atoms with Crippen molar-refractivity contribution in [1.82, 2.24) is 19.9 Å². The number of rotatable bonds is 3. The summed E-state index contributed by atoms with van der Waals surface area (Å²) in [7, 11) is 0. The lowest BCUT2D eigenvalue weighted by molar-refractivity contribution is -0.121. The number of hydrogen-bond donors (Lipinski definition) is 1. The highest BCUT2D eigenvalue weighted by atomic mass is 32.1. The average Bonchev–Trinajstić information content (AvgIpc) is 2.98. The van der Waals surface area contributed by atoms with Crippen LogP contribution in [0.1, 0.15) is 24.0 Å². The number of amides is 1. The largest absolute Gasteiger partial charge is 0.301 e. The van der Waals surface area contributed by atoms with E-state index in [0.717, 1.165) is 24.5 Å². The lowest BCUT2D eigenvalue weighted by Crippen LogP contribution is -2.44. The predicted molar refractivity (Wildman–Crippen MR) is 81.1 cm³/mol. The Hall–Kier alpha value is -1.86. The first-order chi connectivity index (χ1) is 10.1. The van der Waals surface area contributed by atoms with Crippen molar-refractivity contribution in [2.75, 3.05) is 11.9 Å². The Balaban J connectivity index is 1.68. The summed E-state index contributed by atoms with van der Waals surface area (Å²) in [5.74, 6) is 0.745. The van der Waals surface area contributed by atoms with Crippen molar-refractivity contribution < 1.29 is 4.79 Å². The van der Waals surface area contributed by atoms with Gasteiger partial charge in [-0.05, 0) is 25.8 Å². The molecule has 3 rings (SSSR count). The molecule has 0 saturated heterocycles. The summed E-state index contributed by atoms with van der Waals surface area (Å²) in [5.41, 5.74) is 2.21. The maximum atomic E-state index is 12.3. The minimum atomic E-state index is -0.211. The summed E-state index contributed by atoms with van der Waals surface area (Å²) in [4.78, 5) is 27.2. The molecule has 2 aromatic heterocycles. The van der Waals surface area contributed by atoms with Crippen molar-refractivity contribution in [1.29, 1.82) is 0 Å². The molecule has 1 amide bonds. The van der Waals surface area contributed by atoms with Crippen molar-refractivity contribution in [3.8, 4) is 0 Å². The molecular weight excluding hydrogens is 286 g/mol. The van der Waals surface area contributed by atoms with Gasteiger partial charge in [0, 0.05) is 30.9 Å². The van der Waals surface area contributed by atoms with E-state index in [0.29, 0.717) is 11.7 Å². The molecule has 3 heterocycles. The molecule has 0 radical (unpaired) electrons. The molecule has 110 valence electrons. The van der Waals surface area contributed by atoms with Gasteiger partial charge < -0.3 is 5.32 Å². The van der Waals surface area contributed by atoms with E-state index in [2.05, 4.69) is 25.2 Å². The Bertz CT molecular complexity index is 643. The number of aromatic nitrogens is 3. The molecule has 6 nitrogen and oxygen atoms in total. The second-order valence-corrected chi connectivity index (χ2v) is 6.01. The smallest absolute Gasteiger partial charge is 0.243 e. The van der Waals surface area contributed by atoms with Crippen LogP contribution in [-0.4, -0.2) is 38.3 Å². The number of hydrogen-bond acceptors (Lipinski definition) is 6. The van der Waals surface area contributed by atoms with Gasteiger partial charge in [-0.2, -0.15) is 0 Å². The molecule has 1 aliphatic rings. The quantitative estimate of drug-likeness (QED) is 0.933. The summed E-state index contributed by atoms with van der Waals surface area (Å²) < 4.78 is 0. The summed E-state index contributed by atoms with van der Waals surface area (Å²) in [6.45, 7) is 5.33. The van der Waals surface area contributed by atoms with E-state index < -0.39 is 0 Å². The highest BCUT2D eigenvalue weighted by molar-refractivity contribution is 7.13. The third-order valence-electron chi connectivity index (χ3n) is 3.69. The SMILES string of the molecule is Cc1ncc2c(n1)CN([C@H](C)C(=O)Nc1nccs1)CC2. The van der Waals surface area contributed by atoms with Crippen molar-refractivity contribution in [3.05, 3.63) is 34.9 Å². The normalized spacial score (nSPS) is 16.3. The standard InChI is InChI=1S/C14H17N5OS/c1-9(13(20)18-14-15-4-6-21-14)19-5-3-11-7-16-10(2)17-12(11)8-19/h4,6-7,9H,3,5,8H2,1-2H3,(H,15,18,20)/t9-/m1/s1. The molecule has 0 fully saturated rings. The number of carbonyl (C=O) groups is 1. The molecule has 21 heavy (non-hydrogen) atoms. The van der Waals surface area contributed by atoms with E-state index in [1.54, 1.807) is 6.20 Å². The van der Waals surface area contributed by atoms with E-state index in [1.165, 1.54) is 16.9 Å². The first-order valence-corrected chi connectivity index (χ1v) is 7.77. The van der Waals surface area contributed by atoms with Crippen molar-refractivity contribution >= 4 is 22.4 Å². The molecule has 1 atom stereocenters. The van der Waals surface area contributed by atoms with Gasteiger partial charge in [-0.3, -0.25) is 9.69 Å². The second-order valence-electron chi connectivity index (χ2n) is 5.11. The number of thiazole rings is 1. The molecule has 0 unspecified atom stereocenters. The maximum absolute atomic E-state index is 12.3. The van der Waals surface area contributed by atoms with Crippen LogP contribution in [0.5, 0.6) is 0 Å². The van der Waals surface area contributed by atoms with Crippen molar-refractivity contribution in [2.45, 2.75) is 32.9 Å². The number of carbonyl (C=O) groups excluding carboxylic acids is 1. The molecule has 2 aromatic rings. The number of fused-ring (bicyclic) bond motifs is 1. The van der Waals surface area contributed by atoms with Gasteiger partial charge in [0.25, 0.3) is 0 Å². The molecule has 0 spiro atoms. The zero-order valence-corrected chi connectivity index (χ0v) is 12.9. The first kappa shape index (κ1) is 14.1. The van der Waals surface area contributed by atoms with Crippen LogP contribution in [0.4, 0.5) is 5.13 Å². The topological polar surface area (TPSA) is 71.0 Å². The molecule has 1 N–H and O–H groups in total. The zero-order chi connectivity index (χ0) is 14.8. The van der Waals surface area contributed by atoms with Gasteiger partial charge in [-0.1, -0.05) is 0 Å². The fourth-order valence-corrected chi connectivity index (χ4v) is 2.95. The van der Waals surface area contributed by atoms with Crippen LogP contribution < -0.4 is 5.32 Å². The van der Waals surface area contributed by atoms with Gasteiger partial charge in [0.05, 0.1) is 11.7 Å². The monoisotopic (exact) mass is 303 g/mol. The van der Waals surface area contributed by atoms with Crippen LogP contribution >= 0.6 is 11.3 Å². The lowest BCUT2D eigenvalue weighted by Gasteiger charge is -2.31. The van der Waals surface area contributed by atoms with E-state index in [9.17, 15) is 4.79 Å². The fraction of sp³-hybridized carbons (Fsp3) is 0.429. The number of anilines is 1. The zero-order valence-electron chi connectivity index (χ0n) is 12.0. The fourth-order valence-electron chi connectivity index (χ4n) is 2.41. The van der Waals surface area contributed by atoms with Gasteiger partial charge in [0.1, 0.15) is 5.82 Å². The summed E-state index contributed by atoms with van der Waals surface area (Å²) in [6, 6.07) is -0.211. The van der Waals surface area contributed by atoms with Crippen LogP contribution in [0.15, 0.2) is 17.8 Å². The van der Waals surface area contributed by atoms with E-state index >= 15 is 0 Å². The Kier molecular flexibility index (Phi) is 3.94. The van der Waals surface area contributed by atoms with Crippen LogP contribution in [0.25, 0.3) is 0 Å². The average molecular weight is 303 g/mol. The predicted octanol–water partition coefficient (Wildman–Crippen LogP) is 1.63. The highest BCUT2D eigenvalue weighted by Crippen LogP contribution is 2.19. The molecule has 0 saturated carbocycles. The Morgan fingerprint density at radius 2 is 2.33 bits per heavy atom. The molecule has 0 aromatic carbocycles. The summed E-state index contributed by atoms with van der Waals surface area (Å²) in [5, 5.41) is 5.33. The van der Waals surface area contributed by atoms with E-state index in [-0.39, 0.29) is 11.9 Å².